The number of rotatable bonds is 8. The zero-order valence-electron chi connectivity index (χ0n) is 17.4. The minimum atomic E-state index is -3.94. The number of halogens is 1. The van der Waals surface area contributed by atoms with E-state index in [-0.39, 0.29) is 11.7 Å². The van der Waals surface area contributed by atoms with Crippen LogP contribution in [-0.4, -0.2) is 39.3 Å². The minimum Gasteiger partial charge on any atom is -0.348 e. The molecule has 8 heteroatoms. The normalized spacial score (nSPS) is 12.7. The van der Waals surface area contributed by atoms with Gasteiger partial charge in [-0.2, -0.15) is 12.7 Å². The van der Waals surface area contributed by atoms with E-state index >= 15 is 0 Å². The average molecular weight is 422 g/mol. The van der Waals surface area contributed by atoms with E-state index in [4.69, 9.17) is 0 Å². The van der Waals surface area contributed by atoms with Gasteiger partial charge in [0.1, 0.15) is 12.4 Å². The molecule has 0 aromatic heterocycles. The fourth-order valence-electron chi connectivity index (χ4n) is 3.10. The molecule has 0 saturated heterocycles. The van der Waals surface area contributed by atoms with Crippen LogP contribution in [0, 0.1) is 19.7 Å². The summed E-state index contributed by atoms with van der Waals surface area (Å²) in [5.41, 5.74) is 3.41. The first-order chi connectivity index (χ1) is 13.6. The molecular weight excluding hydrogens is 393 g/mol. The van der Waals surface area contributed by atoms with E-state index in [2.05, 4.69) is 5.32 Å². The van der Waals surface area contributed by atoms with Crippen LogP contribution >= 0.6 is 0 Å². The zero-order chi connectivity index (χ0) is 21.8. The number of nitrogens with zero attached hydrogens (tertiary/aromatic N) is 2. The number of carbonyl (C=O) groups excluding carboxylic acids is 1. The highest BCUT2D eigenvalue weighted by atomic mass is 32.2. The molecular formula is C21H28FN3O3S. The van der Waals surface area contributed by atoms with Gasteiger partial charge in [-0.05, 0) is 55.7 Å². The summed E-state index contributed by atoms with van der Waals surface area (Å²) in [6.07, 6.45) is 0.659. The molecule has 1 atom stereocenters. The molecule has 0 bridgehead atoms. The van der Waals surface area contributed by atoms with Crippen molar-refractivity contribution in [2.75, 3.05) is 24.9 Å². The van der Waals surface area contributed by atoms with E-state index < -0.39 is 28.5 Å². The van der Waals surface area contributed by atoms with E-state index in [0.29, 0.717) is 6.42 Å². The minimum absolute atomic E-state index is 0.217. The molecule has 2 aromatic carbocycles. The van der Waals surface area contributed by atoms with Crippen molar-refractivity contribution in [3.63, 3.8) is 0 Å². The molecule has 0 heterocycles. The third-order valence-corrected chi connectivity index (χ3v) is 6.51. The molecule has 0 saturated carbocycles. The molecule has 0 fully saturated rings. The summed E-state index contributed by atoms with van der Waals surface area (Å²) in [6.45, 7) is 5.54. The number of benzene rings is 2. The fraction of sp³-hybridized carbons (Fsp3) is 0.381. The van der Waals surface area contributed by atoms with Gasteiger partial charge in [0.25, 0.3) is 0 Å². The Morgan fingerprint density at radius 3 is 2.24 bits per heavy atom. The summed E-state index contributed by atoms with van der Waals surface area (Å²) in [4.78, 5) is 12.8. The first-order valence-corrected chi connectivity index (χ1v) is 10.8. The van der Waals surface area contributed by atoms with E-state index in [1.54, 1.807) is 0 Å². The highest BCUT2D eigenvalue weighted by molar-refractivity contribution is 7.90. The molecule has 29 heavy (non-hydrogen) atoms. The molecule has 2 aromatic rings. The van der Waals surface area contributed by atoms with Crippen LogP contribution in [0.5, 0.6) is 0 Å². The topological polar surface area (TPSA) is 69.7 Å². The van der Waals surface area contributed by atoms with Crippen molar-refractivity contribution in [1.82, 2.24) is 9.62 Å². The van der Waals surface area contributed by atoms with Crippen LogP contribution in [0.15, 0.2) is 42.5 Å². The van der Waals surface area contributed by atoms with Crippen molar-refractivity contribution in [3.05, 3.63) is 65.0 Å². The van der Waals surface area contributed by atoms with Crippen LogP contribution in [0.3, 0.4) is 0 Å². The van der Waals surface area contributed by atoms with Crippen molar-refractivity contribution < 1.29 is 17.6 Å². The number of nitrogens with one attached hydrogen (secondary N) is 1. The van der Waals surface area contributed by atoms with Crippen LogP contribution in [0.2, 0.25) is 0 Å². The highest BCUT2D eigenvalue weighted by Gasteiger charge is 2.28. The van der Waals surface area contributed by atoms with Crippen LogP contribution < -0.4 is 9.62 Å². The second-order valence-electron chi connectivity index (χ2n) is 7.16. The average Bonchev–Trinajstić information content (AvgIpc) is 2.65. The lowest BCUT2D eigenvalue weighted by Crippen LogP contribution is -2.46. The lowest BCUT2D eigenvalue weighted by Gasteiger charge is -2.28. The Labute approximate surface area is 172 Å². The van der Waals surface area contributed by atoms with Crippen molar-refractivity contribution in [2.45, 2.75) is 33.2 Å². The number of anilines is 1. The van der Waals surface area contributed by atoms with Gasteiger partial charge in [-0.3, -0.25) is 4.79 Å². The summed E-state index contributed by atoms with van der Waals surface area (Å²) in [5, 5.41) is 2.93. The fourth-order valence-corrected chi connectivity index (χ4v) is 4.16. The molecule has 0 radical (unpaired) electrons. The Morgan fingerprint density at radius 2 is 1.72 bits per heavy atom. The summed E-state index contributed by atoms with van der Waals surface area (Å²) in [5.74, 6) is -0.923. The Bertz CT molecular complexity index is 960. The third kappa shape index (κ3) is 5.55. The first-order valence-electron chi connectivity index (χ1n) is 9.38. The van der Waals surface area contributed by atoms with Gasteiger partial charge >= 0.3 is 10.2 Å². The second-order valence-corrected chi connectivity index (χ2v) is 9.23. The van der Waals surface area contributed by atoms with E-state index in [1.165, 1.54) is 26.2 Å². The van der Waals surface area contributed by atoms with Crippen molar-refractivity contribution >= 4 is 21.8 Å². The number of hydrogen-bond donors (Lipinski definition) is 1. The summed E-state index contributed by atoms with van der Waals surface area (Å²) in [7, 11) is -1.17. The smallest absolute Gasteiger partial charge is 0.304 e. The largest absolute Gasteiger partial charge is 0.348 e. The molecule has 6 nitrogen and oxygen atoms in total. The van der Waals surface area contributed by atoms with E-state index in [1.807, 2.05) is 39.0 Å². The Morgan fingerprint density at radius 1 is 1.10 bits per heavy atom. The standard InChI is InChI=1S/C21H28FN3O3S/c1-6-20(19-12-7-15(2)13-16(19)3)23-21(26)14-25(29(27,28)24(4)5)18-10-8-17(22)9-11-18/h7-13,20H,6,14H2,1-5H3,(H,23,26)/t20-/m1/s1. The Balaban J connectivity index is 2.28. The van der Waals surface area contributed by atoms with Crippen LogP contribution in [0.25, 0.3) is 0 Å². The van der Waals surface area contributed by atoms with Crippen LogP contribution in [0.1, 0.15) is 36.1 Å². The van der Waals surface area contributed by atoms with Crippen molar-refractivity contribution in [2.24, 2.45) is 0 Å². The van der Waals surface area contributed by atoms with Crippen LogP contribution in [-0.2, 0) is 15.0 Å². The highest BCUT2D eigenvalue weighted by Crippen LogP contribution is 2.23. The summed E-state index contributed by atoms with van der Waals surface area (Å²) in [6, 6.07) is 10.8. The Kier molecular flexibility index (Phi) is 7.37. The number of hydrogen-bond acceptors (Lipinski definition) is 3. The van der Waals surface area contributed by atoms with Gasteiger partial charge in [-0.25, -0.2) is 8.70 Å². The van der Waals surface area contributed by atoms with Crippen molar-refractivity contribution in [1.29, 1.82) is 0 Å². The predicted molar refractivity (Wildman–Crippen MR) is 113 cm³/mol. The van der Waals surface area contributed by atoms with E-state index in [0.717, 1.165) is 37.4 Å². The van der Waals surface area contributed by atoms with Gasteiger partial charge in [0.2, 0.25) is 5.91 Å². The van der Waals surface area contributed by atoms with E-state index in [9.17, 15) is 17.6 Å². The lowest BCUT2D eigenvalue weighted by atomic mass is 9.97. The second kappa shape index (κ2) is 9.37. The van der Waals surface area contributed by atoms with Gasteiger partial charge < -0.3 is 5.32 Å². The van der Waals surface area contributed by atoms with Gasteiger partial charge in [0.15, 0.2) is 0 Å². The molecule has 0 unspecified atom stereocenters. The molecule has 158 valence electrons. The monoisotopic (exact) mass is 421 g/mol. The number of aryl methyl sites for hydroxylation is 2. The molecule has 0 spiro atoms. The maximum Gasteiger partial charge on any atom is 0.304 e. The summed E-state index contributed by atoms with van der Waals surface area (Å²) < 4.78 is 40.8. The maximum atomic E-state index is 13.3. The quantitative estimate of drug-likeness (QED) is 0.711. The third-order valence-electron chi connectivity index (χ3n) is 4.69. The number of carbonyl (C=O) groups is 1. The summed E-state index contributed by atoms with van der Waals surface area (Å²) >= 11 is 0. The Hall–Kier alpha value is -2.45. The SMILES string of the molecule is CC[C@@H](NC(=O)CN(c1ccc(F)cc1)S(=O)(=O)N(C)C)c1ccc(C)cc1C. The van der Waals surface area contributed by atoms with Gasteiger partial charge in [0, 0.05) is 14.1 Å². The maximum absolute atomic E-state index is 13.3. The molecule has 2 rings (SSSR count). The molecule has 1 amide bonds. The van der Waals surface area contributed by atoms with Gasteiger partial charge in [-0.15, -0.1) is 0 Å². The molecule has 0 aliphatic rings. The van der Waals surface area contributed by atoms with Crippen LogP contribution in [0.4, 0.5) is 10.1 Å². The molecule has 0 aliphatic heterocycles. The van der Waals surface area contributed by atoms with Crippen molar-refractivity contribution in [3.8, 4) is 0 Å². The lowest BCUT2D eigenvalue weighted by molar-refractivity contribution is -0.120. The zero-order valence-corrected chi connectivity index (χ0v) is 18.3. The van der Waals surface area contributed by atoms with Gasteiger partial charge in [0.05, 0.1) is 11.7 Å². The van der Waals surface area contributed by atoms with Gasteiger partial charge in [-0.1, -0.05) is 30.7 Å². The molecule has 0 aliphatic carbocycles. The predicted octanol–water partition coefficient (Wildman–Crippen LogP) is 3.32. The first kappa shape index (κ1) is 22.8. The number of amides is 1. The molecule has 1 N–H and O–H groups in total.